The number of imidazole rings is 1. The van der Waals surface area contributed by atoms with Gasteiger partial charge in [-0.2, -0.15) is 0 Å². The molecule has 1 heterocycles. The van der Waals surface area contributed by atoms with Gasteiger partial charge in [-0.1, -0.05) is 17.7 Å². The Hall–Kier alpha value is -2.10. The number of Topliss-reactive ketones (excluding diaryl/α,β-unsaturated/α-hetero) is 1. The van der Waals surface area contributed by atoms with E-state index in [1.807, 2.05) is 31.2 Å². The molecule has 0 saturated heterocycles. The third kappa shape index (κ3) is 2.11. The van der Waals surface area contributed by atoms with Crippen LogP contribution in [0.1, 0.15) is 23.1 Å². The Bertz CT molecular complexity index is 499. The predicted molar refractivity (Wildman–Crippen MR) is 62.4 cm³/mol. The number of hydrogen-bond donors (Lipinski definition) is 1. The number of benzene rings is 1. The second-order valence-corrected chi connectivity index (χ2v) is 3.65. The molecular formula is C12H13N3O. The third-order valence-electron chi connectivity index (χ3n) is 2.26. The lowest BCUT2D eigenvalue weighted by Gasteiger charge is -2.09. The van der Waals surface area contributed by atoms with Crippen LogP contribution in [0, 0.1) is 6.92 Å². The summed E-state index contributed by atoms with van der Waals surface area (Å²) in [6, 6.07) is 7.93. The average molecular weight is 215 g/mol. The summed E-state index contributed by atoms with van der Waals surface area (Å²) in [6.45, 7) is 3.53. The SMILES string of the molecule is CC(=O)c1nccn1Nc1ccc(C)cc1. The summed E-state index contributed by atoms with van der Waals surface area (Å²) < 4.78 is 1.62. The van der Waals surface area contributed by atoms with Crippen molar-refractivity contribution in [3.63, 3.8) is 0 Å². The number of hydrogen-bond acceptors (Lipinski definition) is 3. The third-order valence-corrected chi connectivity index (χ3v) is 2.26. The highest BCUT2D eigenvalue weighted by Gasteiger charge is 2.06. The number of carbonyl (C=O) groups is 1. The molecule has 0 saturated carbocycles. The minimum Gasteiger partial charge on any atom is -0.293 e. The van der Waals surface area contributed by atoms with E-state index >= 15 is 0 Å². The van der Waals surface area contributed by atoms with Gasteiger partial charge in [-0.15, -0.1) is 0 Å². The smallest absolute Gasteiger partial charge is 0.196 e. The van der Waals surface area contributed by atoms with Crippen LogP contribution in [0.15, 0.2) is 36.7 Å². The quantitative estimate of drug-likeness (QED) is 0.799. The molecule has 2 rings (SSSR count). The van der Waals surface area contributed by atoms with Crippen LogP contribution in [-0.4, -0.2) is 15.4 Å². The molecule has 0 fully saturated rings. The first kappa shape index (κ1) is 10.4. The van der Waals surface area contributed by atoms with Crippen molar-refractivity contribution in [3.8, 4) is 0 Å². The fourth-order valence-electron chi connectivity index (χ4n) is 1.42. The first-order chi connectivity index (χ1) is 7.66. The van der Waals surface area contributed by atoms with E-state index in [1.165, 1.54) is 12.5 Å². The Morgan fingerprint density at radius 2 is 2.00 bits per heavy atom. The summed E-state index contributed by atoms with van der Waals surface area (Å²) in [6.07, 6.45) is 3.31. The highest BCUT2D eigenvalue weighted by atomic mass is 16.1. The van der Waals surface area contributed by atoms with Crippen molar-refractivity contribution in [2.75, 3.05) is 5.43 Å². The van der Waals surface area contributed by atoms with Crippen molar-refractivity contribution in [2.45, 2.75) is 13.8 Å². The van der Waals surface area contributed by atoms with Gasteiger partial charge in [0.25, 0.3) is 0 Å². The van der Waals surface area contributed by atoms with Crippen molar-refractivity contribution in [1.29, 1.82) is 0 Å². The van der Waals surface area contributed by atoms with Gasteiger partial charge in [-0.25, -0.2) is 9.66 Å². The maximum absolute atomic E-state index is 11.2. The van der Waals surface area contributed by atoms with Gasteiger partial charge in [-0.05, 0) is 19.1 Å². The fraction of sp³-hybridized carbons (Fsp3) is 0.167. The molecule has 0 bridgehead atoms. The zero-order valence-electron chi connectivity index (χ0n) is 9.27. The standard InChI is InChI=1S/C12H13N3O/c1-9-3-5-11(6-4-9)14-15-8-7-13-12(15)10(2)16/h3-8,14H,1-2H3. The van der Waals surface area contributed by atoms with Crippen molar-refractivity contribution in [3.05, 3.63) is 48.0 Å². The molecule has 16 heavy (non-hydrogen) atoms. The average Bonchev–Trinajstić information content (AvgIpc) is 2.69. The Balaban J connectivity index is 2.23. The lowest BCUT2D eigenvalue weighted by atomic mass is 10.2. The topological polar surface area (TPSA) is 46.9 Å². The molecular weight excluding hydrogens is 202 g/mol. The maximum atomic E-state index is 11.2. The van der Waals surface area contributed by atoms with Crippen LogP contribution in [-0.2, 0) is 0 Å². The van der Waals surface area contributed by atoms with E-state index in [1.54, 1.807) is 17.1 Å². The van der Waals surface area contributed by atoms with Crippen LogP contribution >= 0.6 is 0 Å². The van der Waals surface area contributed by atoms with E-state index in [4.69, 9.17) is 0 Å². The van der Waals surface area contributed by atoms with Crippen molar-refractivity contribution >= 4 is 11.5 Å². The van der Waals surface area contributed by atoms with Gasteiger partial charge in [0.05, 0.1) is 5.69 Å². The van der Waals surface area contributed by atoms with E-state index in [2.05, 4.69) is 10.4 Å². The summed E-state index contributed by atoms with van der Waals surface area (Å²) in [5.41, 5.74) is 5.21. The molecule has 0 aliphatic carbocycles. The Morgan fingerprint density at radius 3 is 2.62 bits per heavy atom. The molecule has 1 N–H and O–H groups in total. The summed E-state index contributed by atoms with van der Waals surface area (Å²) in [7, 11) is 0. The number of ketones is 1. The van der Waals surface area contributed by atoms with Crippen LogP contribution in [0.2, 0.25) is 0 Å². The largest absolute Gasteiger partial charge is 0.293 e. The Kier molecular flexibility index (Phi) is 2.72. The van der Waals surface area contributed by atoms with Crippen LogP contribution in [0.3, 0.4) is 0 Å². The van der Waals surface area contributed by atoms with Crippen LogP contribution in [0.25, 0.3) is 0 Å². The minimum absolute atomic E-state index is 0.0652. The Morgan fingerprint density at radius 1 is 1.31 bits per heavy atom. The normalized spacial score (nSPS) is 10.1. The molecule has 0 spiro atoms. The molecule has 0 aliphatic rings. The molecule has 2 aromatic rings. The first-order valence-electron chi connectivity index (χ1n) is 5.05. The zero-order chi connectivity index (χ0) is 11.5. The van der Waals surface area contributed by atoms with Gasteiger partial charge in [-0.3, -0.25) is 10.2 Å². The summed E-state index contributed by atoms with van der Waals surface area (Å²) in [4.78, 5) is 15.2. The fourth-order valence-corrected chi connectivity index (χ4v) is 1.42. The van der Waals surface area contributed by atoms with Gasteiger partial charge in [0.15, 0.2) is 11.6 Å². The molecule has 82 valence electrons. The minimum atomic E-state index is -0.0652. The predicted octanol–water partition coefficient (Wildman–Crippen LogP) is 2.27. The lowest BCUT2D eigenvalue weighted by molar-refractivity contribution is 0.100. The summed E-state index contributed by atoms with van der Waals surface area (Å²) in [5.74, 6) is 0.338. The summed E-state index contributed by atoms with van der Waals surface area (Å²) in [5, 5.41) is 0. The number of nitrogens with one attached hydrogen (secondary N) is 1. The highest BCUT2D eigenvalue weighted by Crippen LogP contribution is 2.10. The van der Waals surface area contributed by atoms with Crippen LogP contribution in [0.4, 0.5) is 5.69 Å². The molecule has 0 atom stereocenters. The van der Waals surface area contributed by atoms with Gasteiger partial charge >= 0.3 is 0 Å². The number of anilines is 1. The molecule has 0 radical (unpaired) electrons. The second kappa shape index (κ2) is 4.18. The molecule has 1 aromatic carbocycles. The van der Waals surface area contributed by atoms with Gasteiger partial charge < -0.3 is 0 Å². The number of aryl methyl sites for hydroxylation is 1. The molecule has 0 amide bonds. The van der Waals surface area contributed by atoms with Gasteiger partial charge in [0, 0.05) is 19.3 Å². The zero-order valence-corrected chi connectivity index (χ0v) is 9.27. The van der Waals surface area contributed by atoms with E-state index in [-0.39, 0.29) is 5.78 Å². The van der Waals surface area contributed by atoms with Crippen LogP contribution < -0.4 is 5.43 Å². The number of carbonyl (C=O) groups excluding carboxylic acids is 1. The van der Waals surface area contributed by atoms with Crippen molar-refractivity contribution in [2.24, 2.45) is 0 Å². The van der Waals surface area contributed by atoms with E-state index in [0.717, 1.165) is 5.69 Å². The van der Waals surface area contributed by atoms with Gasteiger partial charge in [0.1, 0.15) is 0 Å². The molecule has 4 nitrogen and oxygen atoms in total. The molecule has 4 heteroatoms. The van der Waals surface area contributed by atoms with Gasteiger partial charge in [0.2, 0.25) is 0 Å². The number of nitrogens with zero attached hydrogens (tertiary/aromatic N) is 2. The Labute approximate surface area is 93.9 Å². The first-order valence-corrected chi connectivity index (χ1v) is 5.05. The molecule has 0 unspecified atom stereocenters. The maximum Gasteiger partial charge on any atom is 0.196 e. The van der Waals surface area contributed by atoms with Crippen LogP contribution in [0.5, 0.6) is 0 Å². The summed E-state index contributed by atoms with van der Waals surface area (Å²) >= 11 is 0. The van der Waals surface area contributed by atoms with Crippen molar-refractivity contribution in [1.82, 2.24) is 9.66 Å². The second-order valence-electron chi connectivity index (χ2n) is 3.65. The molecule has 0 aliphatic heterocycles. The van der Waals surface area contributed by atoms with E-state index in [9.17, 15) is 4.79 Å². The number of aromatic nitrogens is 2. The van der Waals surface area contributed by atoms with Crippen molar-refractivity contribution < 1.29 is 4.79 Å². The lowest BCUT2D eigenvalue weighted by Crippen LogP contribution is -2.14. The van der Waals surface area contributed by atoms with E-state index in [0.29, 0.717) is 5.82 Å². The number of rotatable bonds is 3. The highest BCUT2D eigenvalue weighted by molar-refractivity contribution is 5.90. The molecule has 1 aromatic heterocycles. The monoisotopic (exact) mass is 215 g/mol. The van der Waals surface area contributed by atoms with E-state index < -0.39 is 0 Å².